The van der Waals surface area contributed by atoms with Crippen LogP contribution in [0.2, 0.25) is 0 Å². The van der Waals surface area contributed by atoms with Gasteiger partial charge in [0, 0.05) is 24.2 Å². The highest BCUT2D eigenvalue weighted by atomic mass is 32.1. The fraction of sp³-hybridized carbons (Fsp3) is 0.412. The van der Waals surface area contributed by atoms with Gasteiger partial charge in [0.05, 0.1) is 6.20 Å². The molecule has 0 aliphatic carbocycles. The molecule has 2 atom stereocenters. The van der Waals surface area contributed by atoms with Crippen LogP contribution in [-0.4, -0.2) is 41.2 Å². The van der Waals surface area contributed by atoms with Gasteiger partial charge in [0.1, 0.15) is 9.88 Å². The predicted octanol–water partition coefficient (Wildman–Crippen LogP) is 2.49. The van der Waals surface area contributed by atoms with Crippen LogP contribution in [0.5, 0.6) is 11.5 Å². The van der Waals surface area contributed by atoms with E-state index in [1.54, 1.807) is 6.20 Å². The summed E-state index contributed by atoms with van der Waals surface area (Å²) in [5.41, 5.74) is 6.91. The van der Waals surface area contributed by atoms with Gasteiger partial charge in [-0.15, -0.1) is 11.3 Å². The maximum Gasteiger partial charge on any atom is 0.265 e. The number of hydrogen-bond donors (Lipinski definition) is 1. The number of piperidine rings is 1. The van der Waals surface area contributed by atoms with Gasteiger partial charge in [0.15, 0.2) is 11.5 Å². The standard InChI is InChI=1S/C17H19N3O3S/c1-10-6-12(18)4-5-20(10)17(21)15-8-19-16(24-15)11-2-3-13-14(7-11)23-9-22-13/h2-3,7-8,10,12H,4-6,9,18H2,1H3/t10-,12+/m0/s1. The Morgan fingerprint density at radius 2 is 2.21 bits per heavy atom. The maximum atomic E-state index is 12.8. The van der Waals surface area contributed by atoms with Crippen LogP contribution in [0.15, 0.2) is 24.4 Å². The van der Waals surface area contributed by atoms with E-state index in [-0.39, 0.29) is 24.8 Å². The van der Waals surface area contributed by atoms with E-state index in [9.17, 15) is 4.79 Å². The molecule has 2 aromatic rings. The van der Waals surface area contributed by atoms with E-state index in [0.29, 0.717) is 17.2 Å². The molecule has 24 heavy (non-hydrogen) atoms. The first-order chi connectivity index (χ1) is 11.6. The number of carbonyl (C=O) groups excluding carboxylic acids is 1. The molecule has 7 heteroatoms. The van der Waals surface area contributed by atoms with Crippen LogP contribution in [0, 0.1) is 0 Å². The van der Waals surface area contributed by atoms with Crippen molar-refractivity contribution in [3.63, 3.8) is 0 Å². The molecule has 1 aromatic heterocycles. The highest BCUT2D eigenvalue weighted by Crippen LogP contribution is 2.37. The van der Waals surface area contributed by atoms with Crippen LogP contribution >= 0.6 is 11.3 Å². The minimum Gasteiger partial charge on any atom is -0.454 e. The number of carbonyl (C=O) groups is 1. The number of fused-ring (bicyclic) bond motifs is 1. The van der Waals surface area contributed by atoms with Crippen molar-refractivity contribution in [2.75, 3.05) is 13.3 Å². The fourth-order valence-corrected chi connectivity index (χ4v) is 4.06. The van der Waals surface area contributed by atoms with Crippen LogP contribution in [0.1, 0.15) is 29.4 Å². The smallest absolute Gasteiger partial charge is 0.265 e. The molecule has 4 rings (SSSR count). The third kappa shape index (κ3) is 2.74. The van der Waals surface area contributed by atoms with E-state index in [4.69, 9.17) is 15.2 Å². The van der Waals surface area contributed by atoms with E-state index < -0.39 is 0 Å². The van der Waals surface area contributed by atoms with E-state index in [0.717, 1.165) is 29.2 Å². The molecule has 0 unspecified atom stereocenters. The number of thiazole rings is 1. The van der Waals surface area contributed by atoms with Crippen LogP contribution in [-0.2, 0) is 0 Å². The topological polar surface area (TPSA) is 77.7 Å². The van der Waals surface area contributed by atoms with E-state index in [1.165, 1.54) is 11.3 Å². The molecule has 1 amide bonds. The molecule has 2 N–H and O–H groups in total. The molecule has 6 nitrogen and oxygen atoms in total. The van der Waals surface area contributed by atoms with Crippen molar-refractivity contribution in [1.29, 1.82) is 0 Å². The molecule has 1 saturated heterocycles. The molecule has 3 heterocycles. The number of likely N-dealkylation sites (tertiary alicyclic amines) is 1. The number of aromatic nitrogens is 1. The number of nitrogens with two attached hydrogens (primary N) is 1. The van der Waals surface area contributed by atoms with Crippen molar-refractivity contribution in [1.82, 2.24) is 9.88 Å². The van der Waals surface area contributed by atoms with Crippen molar-refractivity contribution < 1.29 is 14.3 Å². The summed E-state index contributed by atoms with van der Waals surface area (Å²) in [6, 6.07) is 6.06. The lowest BCUT2D eigenvalue weighted by Crippen LogP contribution is -2.48. The molecule has 126 valence electrons. The number of benzene rings is 1. The zero-order chi connectivity index (χ0) is 16.7. The first kappa shape index (κ1) is 15.4. The number of amides is 1. The summed E-state index contributed by atoms with van der Waals surface area (Å²) < 4.78 is 10.7. The zero-order valence-electron chi connectivity index (χ0n) is 13.4. The van der Waals surface area contributed by atoms with E-state index in [2.05, 4.69) is 11.9 Å². The second-order valence-corrected chi connectivity index (χ2v) is 7.26. The Balaban J connectivity index is 1.55. The van der Waals surface area contributed by atoms with Gasteiger partial charge in [-0.2, -0.15) is 0 Å². The van der Waals surface area contributed by atoms with Gasteiger partial charge in [0.25, 0.3) is 5.91 Å². The quantitative estimate of drug-likeness (QED) is 0.905. The third-order valence-corrected chi connectivity index (χ3v) is 5.55. The predicted molar refractivity (Wildman–Crippen MR) is 91.4 cm³/mol. The van der Waals surface area contributed by atoms with Gasteiger partial charge in [-0.05, 0) is 38.0 Å². The number of rotatable bonds is 2. The number of ether oxygens (including phenoxy) is 2. The van der Waals surface area contributed by atoms with Crippen molar-refractivity contribution >= 4 is 17.2 Å². The molecule has 0 spiro atoms. The molecule has 2 aliphatic rings. The second kappa shape index (κ2) is 6.07. The maximum absolute atomic E-state index is 12.8. The lowest BCUT2D eigenvalue weighted by atomic mass is 9.99. The van der Waals surface area contributed by atoms with Crippen molar-refractivity contribution in [2.24, 2.45) is 5.73 Å². The number of nitrogens with zero attached hydrogens (tertiary/aromatic N) is 2. The molecule has 0 saturated carbocycles. The second-order valence-electron chi connectivity index (χ2n) is 6.23. The van der Waals surface area contributed by atoms with Crippen LogP contribution < -0.4 is 15.2 Å². The number of hydrogen-bond acceptors (Lipinski definition) is 6. The van der Waals surface area contributed by atoms with Crippen LogP contribution in [0.4, 0.5) is 0 Å². The Morgan fingerprint density at radius 3 is 3.04 bits per heavy atom. The molecular weight excluding hydrogens is 326 g/mol. The SMILES string of the molecule is C[C@H]1C[C@H](N)CCN1C(=O)c1cnc(-c2ccc3c(c2)OCO3)s1. The Labute approximate surface area is 144 Å². The summed E-state index contributed by atoms with van der Waals surface area (Å²) in [6.07, 6.45) is 3.36. The van der Waals surface area contributed by atoms with Crippen LogP contribution in [0.3, 0.4) is 0 Å². The van der Waals surface area contributed by atoms with Gasteiger partial charge in [0.2, 0.25) is 6.79 Å². The Hall–Kier alpha value is -2.12. The molecular formula is C17H19N3O3S. The molecule has 0 radical (unpaired) electrons. The lowest BCUT2D eigenvalue weighted by Gasteiger charge is -2.36. The first-order valence-electron chi connectivity index (χ1n) is 8.04. The average Bonchev–Trinajstić information content (AvgIpc) is 3.23. The van der Waals surface area contributed by atoms with E-state index >= 15 is 0 Å². The molecule has 1 aromatic carbocycles. The van der Waals surface area contributed by atoms with Gasteiger partial charge in [-0.25, -0.2) is 4.98 Å². The Bertz CT molecular complexity index is 776. The zero-order valence-corrected chi connectivity index (χ0v) is 14.2. The third-order valence-electron chi connectivity index (χ3n) is 4.51. The van der Waals surface area contributed by atoms with Gasteiger partial charge < -0.3 is 20.1 Å². The van der Waals surface area contributed by atoms with Crippen molar-refractivity contribution in [3.8, 4) is 22.1 Å². The summed E-state index contributed by atoms with van der Waals surface area (Å²) in [5, 5.41) is 0.804. The summed E-state index contributed by atoms with van der Waals surface area (Å²) in [6.45, 7) is 3.00. The Morgan fingerprint density at radius 1 is 1.38 bits per heavy atom. The first-order valence-corrected chi connectivity index (χ1v) is 8.86. The summed E-state index contributed by atoms with van der Waals surface area (Å²) in [4.78, 5) is 19.7. The van der Waals surface area contributed by atoms with Crippen molar-refractivity contribution in [3.05, 3.63) is 29.3 Å². The highest BCUT2D eigenvalue weighted by Gasteiger charge is 2.29. The normalized spacial score (nSPS) is 22.7. The summed E-state index contributed by atoms with van der Waals surface area (Å²) in [7, 11) is 0. The van der Waals surface area contributed by atoms with Gasteiger partial charge in [-0.1, -0.05) is 0 Å². The lowest BCUT2D eigenvalue weighted by molar-refractivity contribution is 0.0624. The van der Waals surface area contributed by atoms with E-state index in [1.807, 2.05) is 23.1 Å². The summed E-state index contributed by atoms with van der Waals surface area (Å²) in [5.74, 6) is 1.50. The van der Waals surface area contributed by atoms with Crippen molar-refractivity contribution in [2.45, 2.75) is 31.8 Å². The van der Waals surface area contributed by atoms with Gasteiger partial charge in [-0.3, -0.25) is 4.79 Å². The molecule has 0 bridgehead atoms. The largest absolute Gasteiger partial charge is 0.454 e. The minimum absolute atomic E-state index is 0.0406. The monoisotopic (exact) mass is 345 g/mol. The Kier molecular flexibility index (Phi) is 3.90. The van der Waals surface area contributed by atoms with Gasteiger partial charge >= 0.3 is 0 Å². The highest BCUT2D eigenvalue weighted by molar-refractivity contribution is 7.16. The van der Waals surface area contributed by atoms with Crippen LogP contribution in [0.25, 0.3) is 10.6 Å². The summed E-state index contributed by atoms with van der Waals surface area (Å²) >= 11 is 1.41. The average molecular weight is 345 g/mol. The fourth-order valence-electron chi connectivity index (χ4n) is 3.19. The molecule has 2 aliphatic heterocycles. The molecule has 1 fully saturated rings. The minimum atomic E-state index is 0.0406.